The molecule has 2 heterocycles. The number of esters is 1. The van der Waals surface area contributed by atoms with E-state index >= 15 is 0 Å². The summed E-state index contributed by atoms with van der Waals surface area (Å²) >= 11 is 0. The Morgan fingerprint density at radius 3 is 2.45 bits per heavy atom. The Morgan fingerprint density at radius 1 is 0.947 bits per heavy atom. The van der Waals surface area contributed by atoms with Gasteiger partial charge in [-0.3, -0.25) is 4.79 Å². The number of nitrogens with zero attached hydrogens (tertiary/aromatic N) is 1. The number of hydrogen-bond acceptors (Lipinski definition) is 8. The van der Waals surface area contributed by atoms with Crippen LogP contribution in [-0.2, 0) is 27.8 Å². The Kier molecular flexibility index (Phi) is 6.79. The van der Waals surface area contributed by atoms with Crippen LogP contribution < -0.4 is 19.8 Å². The Morgan fingerprint density at radius 2 is 1.71 bits per heavy atom. The molecular weight excluding hydrogens is 512 g/mol. The van der Waals surface area contributed by atoms with Gasteiger partial charge >= 0.3 is 5.97 Å². The monoisotopic (exact) mass is 536 g/mol. The van der Waals surface area contributed by atoms with Gasteiger partial charge in [-0.05, 0) is 65.5 Å². The summed E-state index contributed by atoms with van der Waals surface area (Å²) in [6.45, 7) is -0.157. The highest BCUT2D eigenvalue weighted by molar-refractivity contribution is 7.89. The van der Waals surface area contributed by atoms with E-state index in [0.29, 0.717) is 28.3 Å². The van der Waals surface area contributed by atoms with Crippen molar-refractivity contribution in [1.29, 1.82) is 0 Å². The van der Waals surface area contributed by atoms with Crippen molar-refractivity contribution in [1.82, 2.24) is 9.29 Å². The minimum Gasteiger partial charge on any atom is -0.497 e. The van der Waals surface area contributed by atoms with Crippen molar-refractivity contribution in [2.24, 2.45) is 0 Å². The second-order valence-electron chi connectivity index (χ2n) is 8.55. The second kappa shape index (κ2) is 10.2. The molecule has 0 fully saturated rings. The fourth-order valence-corrected chi connectivity index (χ4v) is 5.56. The molecule has 38 heavy (non-hydrogen) atoms. The van der Waals surface area contributed by atoms with Crippen LogP contribution in [0.4, 0.5) is 0 Å². The Balaban J connectivity index is 1.53. The predicted molar refractivity (Wildman–Crippen MR) is 138 cm³/mol. The lowest BCUT2D eigenvalue weighted by Crippen LogP contribution is -2.32. The number of hydrogen-bond donors (Lipinski definition) is 1. The van der Waals surface area contributed by atoms with Crippen molar-refractivity contribution in [2.75, 3.05) is 21.0 Å². The highest BCUT2D eigenvalue weighted by Crippen LogP contribution is 2.33. The maximum Gasteiger partial charge on any atom is 0.337 e. The first-order valence-electron chi connectivity index (χ1n) is 11.6. The Labute approximate surface area is 218 Å². The van der Waals surface area contributed by atoms with Gasteiger partial charge in [-0.2, -0.15) is 4.31 Å². The molecule has 10 nitrogen and oxygen atoms in total. The van der Waals surface area contributed by atoms with Gasteiger partial charge in [0.25, 0.3) is 5.56 Å². The van der Waals surface area contributed by atoms with E-state index in [-0.39, 0.29) is 35.9 Å². The highest BCUT2D eigenvalue weighted by Gasteiger charge is 2.27. The third kappa shape index (κ3) is 4.93. The molecule has 1 aliphatic rings. The molecule has 0 aliphatic carbocycles. The standard InChI is InChI=1S/C27H24N2O8S/c1-34-21-7-4-19-12-20(26(30)28-23(19)13-21)15-29(14-17-3-10-24-25(11-17)37-16-36-24)38(32,33)22-8-5-18(6-9-22)27(31)35-2/h3-13H,14-16H2,1-2H3,(H,28,30). The molecule has 0 amide bonds. The number of nitrogens with one attached hydrogen (secondary N) is 1. The number of fused-ring (bicyclic) bond motifs is 2. The summed E-state index contributed by atoms with van der Waals surface area (Å²) in [7, 11) is -1.33. The largest absolute Gasteiger partial charge is 0.497 e. The zero-order valence-electron chi connectivity index (χ0n) is 20.6. The van der Waals surface area contributed by atoms with Gasteiger partial charge in [-0.15, -0.1) is 0 Å². The van der Waals surface area contributed by atoms with Crippen LogP contribution in [0.2, 0.25) is 0 Å². The van der Waals surface area contributed by atoms with Gasteiger partial charge in [0, 0.05) is 24.7 Å². The summed E-state index contributed by atoms with van der Waals surface area (Å²) < 4.78 is 49.5. The molecule has 3 aromatic carbocycles. The number of carbonyl (C=O) groups excluding carboxylic acids is 1. The zero-order valence-corrected chi connectivity index (χ0v) is 21.4. The summed E-state index contributed by atoms with van der Waals surface area (Å²) in [6.07, 6.45) is 0. The van der Waals surface area contributed by atoms with Crippen LogP contribution in [0.1, 0.15) is 21.5 Å². The summed E-state index contributed by atoms with van der Waals surface area (Å²) in [5.74, 6) is 1.09. The predicted octanol–water partition coefficient (Wildman–Crippen LogP) is 3.44. The molecule has 0 unspecified atom stereocenters. The van der Waals surface area contributed by atoms with Gasteiger partial charge in [0.1, 0.15) is 5.75 Å². The van der Waals surface area contributed by atoms with Crippen molar-refractivity contribution in [3.05, 3.63) is 93.8 Å². The van der Waals surface area contributed by atoms with E-state index < -0.39 is 21.6 Å². The normalized spacial score (nSPS) is 12.6. The van der Waals surface area contributed by atoms with Gasteiger partial charge in [-0.1, -0.05) is 6.07 Å². The lowest BCUT2D eigenvalue weighted by Gasteiger charge is -2.23. The molecular formula is C27H24N2O8S. The fourth-order valence-electron chi connectivity index (χ4n) is 4.16. The summed E-state index contributed by atoms with van der Waals surface area (Å²) in [5.41, 5.74) is 1.28. The van der Waals surface area contributed by atoms with Crippen LogP contribution in [-0.4, -0.2) is 44.7 Å². The van der Waals surface area contributed by atoms with Crippen LogP contribution in [0.15, 0.2) is 76.4 Å². The maximum atomic E-state index is 13.8. The highest BCUT2D eigenvalue weighted by atomic mass is 32.2. The molecule has 1 aliphatic heterocycles. The first kappa shape index (κ1) is 25.3. The van der Waals surface area contributed by atoms with Crippen LogP contribution in [0.3, 0.4) is 0 Å². The summed E-state index contributed by atoms with van der Waals surface area (Å²) in [6, 6.07) is 17.5. The molecule has 0 saturated carbocycles. The van der Waals surface area contributed by atoms with Gasteiger partial charge < -0.3 is 23.9 Å². The molecule has 0 saturated heterocycles. The molecule has 11 heteroatoms. The first-order valence-corrected chi connectivity index (χ1v) is 13.0. The Bertz CT molecular complexity index is 1680. The van der Waals surface area contributed by atoms with E-state index in [1.165, 1.54) is 42.8 Å². The van der Waals surface area contributed by atoms with Gasteiger partial charge in [-0.25, -0.2) is 13.2 Å². The quantitative estimate of drug-likeness (QED) is 0.340. The Hall–Kier alpha value is -4.35. The number of pyridine rings is 1. The van der Waals surface area contributed by atoms with Gasteiger partial charge in [0.15, 0.2) is 11.5 Å². The van der Waals surface area contributed by atoms with E-state index in [2.05, 4.69) is 4.98 Å². The van der Waals surface area contributed by atoms with Crippen molar-refractivity contribution in [3.8, 4) is 17.2 Å². The number of benzene rings is 3. The van der Waals surface area contributed by atoms with Gasteiger partial charge in [0.2, 0.25) is 16.8 Å². The number of ether oxygens (including phenoxy) is 4. The number of aromatic amines is 1. The van der Waals surface area contributed by atoms with Crippen molar-refractivity contribution < 1.29 is 32.2 Å². The first-order chi connectivity index (χ1) is 18.3. The SMILES string of the molecule is COC(=O)c1ccc(S(=O)(=O)N(Cc2ccc3c(c2)OCO3)Cc2cc3ccc(OC)cc3[nH]c2=O)cc1. The van der Waals surface area contributed by atoms with Crippen molar-refractivity contribution in [3.63, 3.8) is 0 Å². The topological polar surface area (TPSA) is 124 Å². The fraction of sp³-hybridized carbons (Fsp3) is 0.185. The van der Waals surface area contributed by atoms with Crippen LogP contribution in [0.25, 0.3) is 10.9 Å². The number of rotatable bonds is 8. The number of aromatic nitrogens is 1. The maximum absolute atomic E-state index is 13.8. The lowest BCUT2D eigenvalue weighted by atomic mass is 10.1. The third-order valence-corrected chi connectivity index (χ3v) is 7.99. The van der Waals surface area contributed by atoms with Crippen LogP contribution in [0, 0.1) is 0 Å². The molecule has 0 radical (unpaired) electrons. The van der Waals surface area contributed by atoms with E-state index in [1.807, 2.05) is 0 Å². The van der Waals surface area contributed by atoms with Gasteiger partial charge in [0.05, 0.1) is 30.2 Å². The van der Waals surface area contributed by atoms with E-state index in [0.717, 1.165) is 5.39 Å². The molecule has 1 aromatic heterocycles. The molecule has 0 atom stereocenters. The van der Waals surface area contributed by atoms with E-state index in [1.54, 1.807) is 42.5 Å². The van der Waals surface area contributed by atoms with Crippen LogP contribution in [0.5, 0.6) is 17.2 Å². The second-order valence-corrected chi connectivity index (χ2v) is 10.5. The third-order valence-electron chi connectivity index (χ3n) is 6.19. The number of H-pyrrole nitrogens is 1. The number of methoxy groups -OCH3 is 2. The minimum atomic E-state index is -4.11. The van der Waals surface area contributed by atoms with Crippen molar-refractivity contribution >= 4 is 26.9 Å². The molecule has 5 rings (SSSR count). The zero-order chi connectivity index (χ0) is 26.9. The molecule has 196 valence electrons. The van der Waals surface area contributed by atoms with Crippen LogP contribution >= 0.6 is 0 Å². The van der Waals surface area contributed by atoms with E-state index in [4.69, 9.17) is 18.9 Å². The average molecular weight is 537 g/mol. The van der Waals surface area contributed by atoms with E-state index in [9.17, 15) is 18.0 Å². The average Bonchev–Trinajstić information content (AvgIpc) is 3.40. The summed E-state index contributed by atoms with van der Waals surface area (Å²) in [4.78, 5) is 27.6. The lowest BCUT2D eigenvalue weighted by molar-refractivity contribution is 0.0600. The molecule has 1 N–H and O–H groups in total. The minimum absolute atomic E-state index is 0.0344. The smallest absolute Gasteiger partial charge is 0.337 e. The van der Waals surface area contributed by atoms with Crippen molar-refractivity contribution in [2.45, 2.75) is 18.0 Å². The number of carbonyl (C=O) groups is 1. The molecule has 0 bridgehead atoms. The molecule has 0 spiro atoms. The number of sulfonamides is 1. The molecule has 4 aromatic rings. The summed E-state index contributed by atoms with van der Waals surface area (Å²) in [5, 5.41) is 0.725.